The van der Waals surface area contributed by atoms with Gasteiger partial charge in [-0.15, -0.1) is 0 Å². The van der Waals surface area contributed by atoms with Crippen LogP contribution >= 0.6 is 0 Å². The summed E-state index contributed by atoms with van der Waals surface area (Å²) >= 11 is 0. The van der Waals surface area contributed by atoms with E-state index in [0.29, 0.717) is 0 Å². The van der Waals surface area contributed by atoms with Gasteiger partial charge in [0.05, 0.1) is 5.84 Å². The SMILES string of the molecule is CC(N)=NC1(C(F)(F)F)CC1. The summed E-state index contributed by atoms with van der Waals surface area (Å²) in [4.78, 5) is 3.36. The van der Waals surface area contributed by atoms with Crippen molar-refractivity contribution in [1.29, 1.82) is 0 Å². The average molecular weight is 166 g/mol. The molecule has 0 spiro atoms. The Balaban J connectivity index is 2.77. The fourth-order valence-corrected chi connectivity index (χ4v) is 0.915. The van der Waals surface area contributed by atoms with Crippen LogP contribution in [-0.4, -0.2) is 17.6 Å². The lowest BCUT2D eigenvalue weighted by Gasteiger charge is -2.14. The van der Waals surface area contributed by atoms with E-state index in [2.05, 4.69) is 4.99 Å². The van der Waals surface area contributed by atoms with Crippen molar-refractivity contribution in [3.63, 3.8) is 0 Å². The van der Waals surface area contributed by atoms with Crippen LogP contribution in [0.25, 0.3) is 0 Å². The summed E-state index contributed by atoms with van der Waals surface area (Å²) < 4.78 is 36.3. The molecule has 1 aliphatic rings. The third kappa shape index (κ3) is 1.46. The molecule has 0 radical (unpaired) electrons. The van der Waals surface area contributed by atoms with Crippen molar-refractivity contribution in [2.75, 3.05) is 0 Å². The number of amidine groups is 1. The quantitative estimate of drug-likeness (QED) is 0.464. The van der Waals surface area contributed by atoms with Gasteiger partial charge in [0.15, 0.2) is 5.54 Å². The summed E-state index contributed by atoms with van der Waals surface area (Å²) in [5, 5.41) is 0. The Labute approximate surface area is 62.3 Å². The van der Waals surface area contributed by atoms with E-state index in [9.17, 15) is 13.2 Å². The average Bonchev–Trinajstić information content (AvgIpc) is 2.42. The number of hydrogen-bond acceptors (Lipinski definition) is 1. The van der Waals surface area contributed by atoms with Crippen LogP contribution in [0, 0.1) is 0 Å². The van der Waals surface area contributed by atoms with Crippen LogP contribution in [-0.2, 0) is 0 Å². The van der Waals surface area contributed by atoms with E-state index in [4.69, 9.17) is 5.73 Å². The zero-order valence-electron chi connectivity index (χ0n) is 6.07. The van der Waals surface area contributed by atoms with Gasteiger partial charge in [-0.3, -0.25) is 4.99 Å². The molecule has 1 fully saturated rings. The van der Waals surface area contributed by atoms with Crippen LogP contribution in [0.1, 0.15) is 19.8 Å². The summed E-state index contributed by atoms with van der Waals surface area (Å²) in [5.74, 6) is -0.000162. The van der Waals surface area contributed by atoms with Gasteiger partial charge in [-0.25, -0.2) is 0 Å². The van der Waals surface area contributed by atoms with Crippen LogP contribution in [0.3, 0.4) is 0 Å². The maximum atomic E-state index is 12.1. The number of halogens is 3. The van der Waals surface area contributed by atoms with Crippen LogP contribution in [0.2, 0.25) is 0 Å². The molecule has 11 heavy (non-hydrogen) atoms. The van der Waals surface area contributed by atoms with Gasteiger partial charge in [0, 0.05) is 0 Å². The van der Waals surface area contributed by atoms with Crippen LogP contribution in [0.5, 0.6) is 0 Å². The molecule has 0 bridgehead atoms. The molecule has 1 saturated carbocycles. The maximum Gasteiger partial charge on any atom is 0.413 e. The van der Waals surface area contributed by atoms with Crippen molar-refractivity contribution >= 4 is 5.84 Å². The van der Waals surface area contributed by atoms with Crippen molar-refractivity contribution in [3.05, 3.63) is 0 Å². The number of rotatable bonds is 1. The lowest BCUT2D eigenvalue weighted by Crippen LogP contribution is -2.31. The van der Waals surface area contributed by atoms with Crippen LogP contribution in [0.15, 0.2) is 4.99 Å². The first-order valence-corrected chi connectivity index (χ1v) is 3.26. The second kappa shape index (κ2) is 2.12. The van der Waals surface area contributed by atoms with Gasteiger partial charge in [-0.2, -0.15) is 13.2 Å². The Kier molecular flexibility index (Phi) is 1.61. The predicted molar refractivity (Wildman–Crippen MR) is 35.3 cm³/mol. The van der Waals surface area contributed by atoms with E-state index in [1.165, 1.54) is 6.92 Å². The van der Waals surface area contributed by atoms with Crippen LogP contribution < -0.4 is 5.73 Å². The van der Waals surface area contributed by atoms with Gasteiger partial charge < -0.3 is 5.73 Å². The Morgan fingerprint density at radius 2 is 1.91 bits per heavy atom. The topological polar surface area (TPSA) is 38.4 Å². The van der Waals surface area contributed by atoms with Crippen LogP contribution in [0.4, 0.5) is 13.2 Å². The number of aliphatic imine (C=N–C) groups is 1. The van der Waals surface area contributed by atoms with E-state index in [0.717, 1.165) is 0 Å². The third-order valence-corrected chi connectivity index (χ3v) is 1.64. The highest BCUT2D eigenvalue weighted by Crippen LogP contribution is 2.52. The lowest BCUT2D eigenvalue weighted by molar-refractivity contribution is -0.155. The van der Waals surface area contributed by atoms with Crippen molar-refractivity contribution in [2.45, 2.75) is 31.5 Å². The summed E-state index contributed by atoms with van der Waals surface area (Å²) in [6.07, 6.45) is -4.08. The lowest BCUT2D eigenvalue weighted by atomic mass is 10.3. The van der Waals surface area contributed by atoms with E-state index in [1.54, 1.807) is 0 Å². The molecular weight excluding hydrogens is 157 g/mol. The molecule has 5 heteroatoms. The Bertz CT molecular complexity index is 186. The van der Waals surface area contributed by atoms with Gasteiger partial charge in [-0.1, -0.05) is 0 Å². The molecule has 1 aliphatic carbocycles. The number of hydrogen-bond donors (Lipinski definition) is 1. The van der Waals surface area contributed by atoms with Gasteiger partial charge in [-0.05, 0) is 19.8 Å². The van der Waals surface area contributed by atoms with E-state index in [-0.39, 0.29) is 18.7 Å². The number of nitrogens with zero attached hydrogens (tertiary/aromatic N) is 1. The number of alkyl halides is 3. The second-order valence-corrected chi connectivity index (χ2v) is 2.78. The first-order chi connectivity index (χ1) is 4.87. The molecule has 2 nitrogen and oxygen atoms in total. The minimum atomic E-state index is -4.23. The maximum absolute atomic E-state index is 12.1. The Hall–Kier alpha value is -0.740. The predicted octanol–water partition coefficient (Wildman–Crippen LogP) is 1.46. The summed E-state index contributed by atoms with van der Waals surface area (Å²) in [7, 11) is 0. The second-order valence-electron chi connectivity index (χ2n) is 2.78. The van der Waals surface area contributed by atoms with Gasteiger partial charge >= 0.3 is 6.18 Å². The molecule has 0 aromatic rings. The fraction of sp³-hybridized carbons (Fsp3) is 0.833. The molecule has 0 amide bonds. The zero-order chi connectivity index (χ0) is 8.70. The molecule has 0 aromatic heterocycles. The van der Waals surface area contributed by atoms with E-state index >= 15 is 0 Å². The van der Waals surface area contributed by atoms with Crippen molar-refractivity contribution < 1.29 is 13.2 Å². The summed E-state index contributed by atoms with van der Waals surface area (Å²) in [6, 6.07) is 0. The molecule has 0 saturated heterocycles. The first-order valence-electron chi connectivity index (χ1n) is 3.26. The Morgan fingerprint density at radius 1 is 1.45 bits per heavy atom. The molecule has 2 N–H and O–H groups in total. The fourth-order valence-electron chi connectivity index (χ4n) is 0.915. The molecule has 0 heterocycles. The minimum absolute atomic E-state index is 0.000162. The van der Waals surface area contributed by atoms with E-state index < -0.39 is 11.7 Å². The minimum Gasteiger partial charge on any atom is -0.388 e. The van der Waals surface area contributed by atoms with Crippen molar-refractivity contribution in [3.8, 4) is 0 Å². The van der Waals surface area contributed by atoms with Gasteiger partial charge in [0.25, 0.3) is 0 Å². The molecule has 0 aromatic carbocycles. The normalized spacial score (nSPS) is 23.5. The molecule has 1 rings (SSSR count). The zero-order valence-corrected chi connectivity index (χ0v) is 6.07. The summed E-state index contributed by atoms with van der Waals surface area (Å²) in [6.45, 7) is 1.37. The van der Waals surface area contributed by atoms with E-state index in [1.807, 2.05) is 0 Å². The molecule has 0 aliphatic heterocycles. The number of nitrogens with two attached hydrogens (primary N) is 1. The standard InChI is InChI=1S/C6H9F3N2/c1-4(10)11-5(2-3-5)6(7,8)9/h2-3H2,1H3,(H2,10,11). The molecule has 64 valence electrons. The van der Waals surface area contributed by atoms with Crippen molar-refractivity contribution in [2.24, 2.45) is 10.7 Å². The molecule has 0 unspecified atom stereocenters. The third-order valence-electron chi connectivity index (χ3n) is 1.64. The highest BCUT2D eigenvalue weighted by molar-refractivity contribution is 5.78. The largest absolute Gasteiger partial charge is 0.413 e. The summed E-state index contributed by atoms with van der Waals surface area (Å²) in [5.41, 5.74) is 3.24. The first kappa shape index (κ1) is 8.36. The molecule has 0 atom stereocenters. The van der Waals surface area contributed by atoms with Gasteiger partial charge in [0.2, 0.25) is 0 Å². The monoisotopic (exact) mass is 166 g/mol. The highest BCUT2D eigenvalue weighted by Gasteiger charge is 2.63. The Morgan fingerprint density at radius 3 is 2.00 bits per heavy atom. The molecular formula is C6H9F3N2. The smallest absolute Gasteiger partial charge is 0.388 e. The van der Waals surface area contributed by atoms with Gasteiger partial charge in [0.1, 0.15) is 0 Å². The highest BCUT2D eigenvalue weighted by atomic mass is 19.4. The van der Waals surface area contributed by atoms with Crippen molar-refractivity contribution in [1.82, 2.24) is 0 Å².